The van der Waals surface area contributed by atoms with Crippen LogP contribution >= 0.6 is 30.1 Å². The molecule has 1 N–H and O–H groups in total. The van der Waals surface area contributed by atoms with Crippen molar-refractivity contribution in [1.82, 2.24) is 14.2 Å². The summed E-state index contributed by atoms with van der Waals surface area (Å²) in [5, 5.41) is 0. The number of hydrogen-bond donors (Lipinski definition) is 1. The molecule has 1 saturated heterocycles. The second-order valence-corrected chi connectivity index (χ2v) is 15.8. The van der Waals surface area contributed by atoms with Crippen LogP contribution in [0.25, 0.3) is 0 Å². The van der Waals surface area contributed by atoms with Crippen molar-refractivity contribution >= 4 is 30.1 Å². The first-order valence-electron chi connectivity index (χ1n) is 15.3. The third-order valence-electron chi connectivity index (χ3n) is 6.79. The average Bonchev–Trinajstić information content (AvgIpc) is 3.29. The minimum Gasteiger partial charge on any atom is -0.369 e. The summed E-state index contributed by atoms with van der Waals surface area (Å²) >= 11 is 0. The van der Waals surface area contributed by atoms with Crippen molar-refractivity contribution in [2.75, 3.05) is 19.8 Å². The lowest BCUT2D eigenvalue weighted by atomic mass is 10.1. The first kappa shape index (κ1) is 35.2. The molecule has 1 aromatic carbocycles. The predicted octanol–water partition coefficient (Wildman–Crippen LogP) is 6.34. The van der Waals surface area contributed by atoms with E-state index in [1.54, 1.807) is 21.6 Å². The van der Waals surface area contributed by atoms with Gasteiger partial charge in [-0.15, -0.1) is 6.42 Å². The maximum Gasteiger partial charge on any atom is 0.330 e. The molecule has 0 radical (unpaired) electrons. The quantitative estimate of drug-likeness (QED) is 0.0896. The SMILES string of the molecule is [2H]CC1OC(n2ccc(=O)[nH]c2=O)C(F)C1OP(OCCc1ccccc1SSC(C)(C)CCOCC#C)N(C(C)C)C(C)C. The molecule has 1 fully saturated rings. The fraction of sp³-hybridized carbons (Fsp3) is 0.613. The van der Waals surface area contributed by atoms with Crippen molar-refractivity contribution in [2.45, 2.75) is 108 Å². The first-order chi connectivity index (χ1) is 21.4. The van der Waals surface area contributed by atoms with Gasteiger partial charge < -0.3 is 18.5 Å². The summed E-state index contributed by atoms with van der Waals surface area (Å²) in [7, 11) is 1.72. The van der Waals surface area contributed by atoms with Crippen LogP contribution in [0, 0.1) is 12.3 Å². The summed E-state index contributed by atoms with van der Waals surface area (Å²) in [6.45, 7) is 13.4. The fourth-order valence-electron chi connectivity index (χ4n) is 4.57. The number of halogens is 1. The summed E-state index contributed by atoms with van der Waals surface area (Å²) < 4.78 is 51.0. The van der Waals surface area contributed by atoms with Crippen molar-refractivity contribution < 1.29 is 24.3 Å². The Labute approximate surface area is 270 Å². The van der Waals surface area contributed by atoms with Gasteiger partial charge in [0.05, 0.1) is 12.7 Å². The van der Waals surface area contributed by atoms with E-state index in [0.717, 1.165) is 27.5 Å². The molecular formula is C31H45FN3O6PS2. The zero-order valence-corrected chi connectivity index (χ0v) is 28.8. The number of terminal acetylenes is 1. The Bertz CT molecular complexity index is 1370. The van der Waals surface area contributed by atoms with Gasteiger partial charge >= 0.3 is 5.69 Å². The second-order valence-electron chi connectivity index (χ2n) is 11.5. The number of aromatic amines is 1. The van der Waals surface area contributed by atoms with E-state index >= 15 is 4.39 Å². The molecule has 2 aromatic rings. The van der Waals surface area contributed by atoms with Crippen molar-refractivity contribution in [2.24, 2.45) is 0 Å². The van der Waals surface area contributed by atoms with Crippen LogP contribution in [0.1, 0.15) is 68.0 Å². The van der Waals surface area contributed by atoms with Gasteiger partial charge in [0.15, 0.2) is 12.4 Å². The van der Waals surface area contributed by atoms with E-state index in [0.29, 0.717) is 26.2 Å². The number of rotatable bonds is 17. The van der Waals surface area contributed by atoms with E-state index in [9.17, 15) is 9.59 Å². The van der Waals surface area contributed by atoms with Crippen LogP contribution in [0.15, 0.2) is 51.0 Å². The molecule has 44 heavy (non-hydrogen) atoms. The number of ether oxygens (including phenoxy) is 2. The lowest BCUT2D eigenvalue weighted by Crippen LogP contribution is -2.38. The predicted molar refractivity (Wildman–Crippen MR) is 178 cm³/mol. The van der Waals surface area contributed by atoms with Gasteiger partial charge in [-0.3, -0.25) is 14.3 Å². The molecule has 244 valence electrons. The van der Waals surface area contributed by atoms with Gasteiger partial charge in [0.2, 0.25) is 0 Å². The third-order valence-corrected chi connectivity index (χ3v) is 12.4. The van der Waals surface area contributed by atoms with E-state index < -0.39 is 44.4 Å². The zero-order valence-electron chi connectivity index (χ0n) is 27.2. The molecule has 0 spiro atoms. The van der Waals surface area contributed by atoms with Crippen LogP contribution in [0.2, 0.25) is 0 Å². The molecule has 9 nitrogen and oxygen atoms in total. The van der Waals surface area contributed by atoms with E-state index in [1.807, 2.05) is 39.8 Å². The number of aromatic nitrogens is 2. The summed E-state index contributed by atoms with van der Waals surface area (Å²) in [4.78, 5) is 27.2. The zero-order chi connectivity index (χ0) is 33.1. The number of nitrogens with one attached hydrogen (secondary N) is 1. The molecule has 0 saturated carbocycles. The topological polar surface area (TPSA) is 95.0 Å². The molecular weight excluding hydrogens is 624 g/mol. The standard InChI is InChI=1S/C31H45FN3O6PS2/c1-9-18-38-20-16-31(7,8)44-43-25-13-11-10-12-24(25)15-19-39-42(35(21(2)3)22(4)5)41-28-23(6)40-29(27(28)32)34-17-14-26(36)33-30(34)37/h1,10-14,17,21-23,27-29H,15-16,18-20H2,2-8H3,(H,33,36,37)/i6D. The Hall–Kier alpha value is -1.68. The minimum absolute atomic E-state index is 0.0228. The smallest absolute Gasteiger partial charge is 0.330 e. The van der Waals surface area contributed by atoms with Crippen LogP contribution < -0.4 is 11.2 Å². The maximum absolute atomic E-state index is 15.9. The van der Waals surface area contributed by atoms with Crippen molar-refractivity contribution in [3.8, 4) is 12.3 Å². The van der Waals surface area contributed by atoms with Gasteiger partial charge in [-0.2, -0.15) is 0 Å². The van der Waals surface area contributed by atoms with Gasteiger partial charge in [-0.1, -0.05) is 45.7 Å². The van der Waals surface area contributed by atoms with Crippen LogP contribution in [-0.2, 0) is 24.9 Å². The maximum atomic E-state index is 15.9. The van der Waals surface area contributed by atoms with Crippen LogP contribution in [0.3, 0.4) is 0 Å². The van der Waals surface area contributed by atoms with E-state index in [4.69, 9.17) is 26.3 Å². The van der Waals surface area contributed by atoms with Crippen LogP contribution in [0.4, 0.5) is 4.39 Å². The Kier molecular flexibility index (Phi) is 13.8. The average molecular weight is 671 g/mol. The molecule has 5 unspecified atom stereocenters. The van der Waals surface area contributed by atoms with E-state index in [-0.39, 0.29) is 23.7 Å². The number of nitrogens with zero attached hydrogens (tertiary/aromatic N) is 2. The van der Waals surface area contributed by atoms with Gasteiger partial charge in [-0.05, 0) is 72.9 Å². The molecule has 2 heterocycles. The fourth-order valence-corrected chi connectivity index (χ4v) is 8.92. The normalized spacial score (nSPS) is 21.6. The molecule has 3 rings (SSSR count). The highest BCUT2D eigenvalue weighted by Gasteiger charge is 2.47. The molecule has 1 aliphatic heterocycles. The third kappa shape index (κ3) is 10.4. The molecule has 0 bridgehead atoms. The Morgan fingerprint density at radius 2 is 1.95 bits per heavy atom. The number of benzene rings is 1. The summed E-state index contributed by atoms with van der Waals surface area (Å²) in [6.07, 6.45) is 2.74. The van der Waals surface area contributed by atoms with E-state index in [1.165, 1.54) is 6.20 Å². The highest BCUT2D eigenvalue weighted by molar-refractivity contribution is 8.77. The Morgan fingerprint density at radius 3 is 2.61 bits per heavy atom. The summed E-state index contributed by atoms with van der Waals surface area (Å²) in [5.74, 6) is 2.49. The van der Waals surface area contributed by atoms with Crippen LogP contribution in [-0.4, -0.2) is 69.3 Å². The number of H-pyrrole nitrogens is 1. The van der Waals surface area contributed by atoms with Crippen molar-refractivity contribution in [3.05, 3.63) is 62.9 Å². The van der Waals surface area contributed by atoms with Crippen molar-refractivity contribution in [3.63, 3.8) is 0 Å². The lowest BCUT2D eigenvalue weighted by molar-refractivity contribution is -0.0180. The lowest BCUT2D eigenvalue weighted by Gasteiger charge is -2.37. The Morgan fingerprint density at radius 1 is 1.23 bits per heavy atom. The highest BCUT2D eigenvalue weighted by atomic mass is 33.1. The largest absolute Gasteiger partial charge is 0.369 e. The minimum atomic E-state index is -1.77. The monoisotopic (exact) mass is 670 g/mol. The Balaban J connectivity index is 1.73. The van der Waals surface area contributed by atoms with Gasteiger partial charge in [0, 0.05) is 42.0 Å². The molecule has 0 amide bonds. The number of hydrogen-bond acceptors (Lipinski definition) is 9. The van der Waals surface area contributed by atoms with E-state index in [2.05, 4.69) is 41.6 Å². The summed E-state index contributed by atoms with van der Waals surface area (Å²) in [5.41, 5.74) is -0.262. The molecule has 1 aliphatic rings. The molecule has 5 atom stereocenters. The molecule has 0 aliphatic carbocycles. The van der Waals surface area contributed by atoms with Crippen molar-refractivity contribution in [1.29, 1.82) is 0 Å². The van der Waals surface area contributed by atoms with Gasteiger partial charge in [0.25, 0.3) is 14.1 Å². The highest BCUT2D eigenvalue weighted by Crippen LogP contribution is 2.50. The number of alkyl halides is 1. The molecule has 13 heteroatoms. The van der Waals surface area contributed by atoms with Gasteiger partial charge in [-0.25, -0.2) is 13.9 Å². The first-order valence-corrected chi connectivity index (χ1v) is 17.9. The summed E-state index contributed by atoms with van der Waals surface area (Å²) in [6, 6.07) is 9.35. The second kappa shape index (κ2) is 17.3. The van der Waals surface area contributed by atoms with Gasteiger partial charge in [0.1, 0.15) is 12.7 Å². The van der Waals surface area contributed by atoms with Crippen LogP contribution in [0.5, 0.6) is 0 Å². The molecule has 1 aromatic heterocycles.